The lowest BCUT2D eigenvalue weighted by Crippen LogP contribution is -2.35. The molecule has 2 rings (SSSR count). The number of aromatic nitrogens is 1. The summed E-state index contributed by atoms with van der Waals surface area (Å²) >= 11 is 1.42. The van der Waals surface area contributed by atoms with Crippen LogP contribution >= 0.6 is 11.3 Å². The topological polar surface area (TPSA) is 68.0 Å². The molecule has 0 radical (unpaired) electrons. The van der Waals surface area contributed by atoms with Crippen LogP contribution in [0.15, 0.2) is 35.7 Å². The Balaban J connectivity index is 1.95. The molecule has 0 aliphatic carbocycles. The van der Waals surface area contributed by atoms with E-state index in [0.717, 1.165) is 17.7 Å². The Morgan fingerprint density at radius 1 is 1.29 bits per heavy atom. The van der Waals surface area contributed by atoms with Crippen LogP contribution in [0.1, 0.15) is 26.7 Å². The van der Waals surface area contributed by atoms with Gasteiger partial charge < -0.3 is 11.1 Å². The van der Waals surface area contributed by atoms with Crippen molar-refractivity contribution in [1.29, 1.82) is 0 Å². The number of nitrogens with two attached hydrogens (primary N) is 1. The molecule has 0 fully saturated rings. The summed E-state index contributed by atoms with van der Waals surface area (Å²) in [7, 11) is 0. The third kappa shape index (κ3) is 4.65. The van der Waals surface area contributed by atoms with Crippen LogP contribution in [0, 0.1) is 5.92 Å². The Morgan fingerprint density at radius 2 is 2.00 bits per heavy atom. The number of amides is 1. The number of rotatable bonds is 6. The molecule has 0 aliphatic rings. The Labute approximate surface area is 129 Å². The molecule has 1 heterocycles. The van der Waals surface area contributed by atoms with Gasteiger partial charge in [0, 0.05) is 10.9 Å². The van der Waals surface area contributed by atoms with Gasteiger partial charge in [-0.15, -0.1) is 11.3 Å². The van der Waals surface area contributed by atoms with Gasteiger partial charge >= 0.3 is 0 Å². The maximum absolute atomic E-state index is 12.0. The zero-order valence-corrected chi connectivity index (χ0v) is 13.2. The predicted octanol–water partition coefficient (Wildman–Crippen LogP) is 3.51. The maximum atomic E-state index is 12.0. The number of carbonyl (C=O) groups excluding carboxylic acids is 1. The summed E-state index contributed by atoms with van der Waals surface area (Å²) < 4.78 is 0. The van der Waals surface area contributed by atoms with Crippen molar-refractivity contribution < 1.29 is 4.79 Å². The number of hydrogen-bond acceptors (Lipinski definition) is 4. The number of anilines is 1. The third-order valence-corrected chi connectivity index (χ3v) is 3.95. The highest BCUT2D eigenvalue weighted by Crippen LogP contribution is 2.24. The highest BCUT2D eigenvalue weighted by Gasteiger charge is 2.15. The second-order valence-corrected chi connectivity index (χ2v) is 6.33. The summed E-state index contributed by atoms with van der Waals surface area (Å²) in [5.74, 6) is 0.387. The smallest absolute Gasteiger partial charge is 0.243 e. The van der Waals surface area contributed by atoms with Crippen LogP contribution in [-0.4, -0.2) is 16.9 Å². The first kappa shape index (κ1) is 15.7. The molecular weight excluding hydrogens is 282 g/mol. The molecule has 1 aromatic heterocycles. The average molecular weight is 303 g/mol. The van der Waals surface area contributed by atoms with Gasteiger partial charge in [-0.25, -0.2) is 4.98 Å². The lowest BCUT2D eigenvalue weighted by molar-refractivity contribution is -0.117. The number of nitrogens with zero attached hydrogens (tertiary/aromatic N) is 1. The van der Waals surface area contributed by atoms with E-state index in [4.69, 9.17) is 5.73 Å². The maximum Gasteiger partial charge on any atom is 0.243 e. The van der Waals surface area contributed by atoms with Crippen molar-refractivity contribution in [3.8, 4) is 11.3 Å². The van der Waals surface area contributed by atoms with E-state index in [-0.39, 0.29) is 5.91 Å². The molecule has 0 bridgehead atoms. The number of benzene rings is 1. The Bertz CT molecular complexity index is 580. The SMILES string of the molecule is CC(C)CCC(N)C(=O)Nc1nc(-c2ccccc2)cs1. The normalized spacial score (nSPS) is 12.4. The van der Waals surface area contributed by atoms with E-state index in [2.05, 4.69) is 24.1 Å². The molecule has 1 amide bonds. The quantitative estimate of drug-likeness (QED) is 0.858. The first-order valence-corrected chi connectivity index (χ1v) is 8.01. The number of carbonyl (C=O) groups is 1. The van der Waals surface area contributed by atoms with Gasteiger partial charge in [0.2, 0.25) is 5.91 Å². The van der Waals surface area contributed by atoms with Gasteiger partial charge in [-0.1, -0.05) is 44.2 Å². The van der Waals surface area contributed by atoms with Gasteiger partial charge in [-0.3, -0.25) is 4.79 Å². The van der Waals surface area contributed by atoms with Crippen LogP contribution in [0.25, 0.3) is 11.3 Å². The number of thiazole rings is 1. The largest absolute Gasteiger partial charge is 0.320 e. The van der Waals surface area contributed by atoms with Crippen molar-refractivity contribution in [2.24, 2.45) is 11.7 Å². The molecule has 3 N–H and O–H groups in total. The van der Waals surface area contributed by atoms with E-state index >= 15 is 0 Å². The number of hydrogen-bond donors (Lipinski definition) is 2. The second-order valence-electron chi connectivity index (χ2n) is 5.47. The van der Waals surface area contributed by atoms with Crippen LogP contribution in [0.2, 0.25) is 0 Å². The van der Waals surface area contributed by atoms with Crippen molar-refractivity contribution in [2.45, 2.75) is 32.7 Å². The van der Waals surface area contributed by atoms with Crippen LogP contribution in [-0.2, 0) is 4.79 Å². The predicted molar refractivity (Wildman–Crippen MR) is 88.2 cm³/mol. The Morgan fingerprint density at radius 3 is 2.67 bits per heavy atom. The Kier molecular flexibility index (Phi) is 5.47. The summed E-state index contributed by atoms with van der Waals surface area (Å²) in [4.78, 5) is 16.4. The van der Waals surface area contributed by atoms with Crippen molar-refractivity contribution in [2.75, 3.05) is 5.32 Å². The molecule has 0 aliphatic heterocycles. The standard InChI is InChI=1S/C16H21N3OS/c1-11(2)8-9-13(17)15(20)19-16-18-14(10-21-16)12-6-4-3-5-7-12/h3-7,10-11,13H,8-9,17H2,1-2H3,(H,18,19,20). The molecule has 5 heteroatoms. The van der Waals surface area contributed by atoms with Gasteiger partial charge in [0.25, 0.3) is 0 Å². The van der Waals surface area contributed by atoms with E-state index in [1.807, 2.05) is 35.7 Å². The van der Waals surface area contributed by atoms with E-state index in [1.165, 1.54) is 11.3 Å². The molecule has 2 aromatic rings. The molecule has 4 nitrogen and oxygen atoms in total. The molecular formula is C16H21N3OS. The molecule has 1 aromatic carbocycles. The van der Waals surface area contributed by atoms with Crippen molar-refractivity contribution in [1.82, 2.24) is 4.98 Å². The van der Waals surface area contributed by atoms with E-state index in [0.29, 0.717) is 17.5 Å². The molecule has 0 saturated heterocycles. The molecule has 21 heavy (non-hydrogen) atoms. The monoisotopic (exact) mass is 303 g/mol. The second kappa shape index (κ2) is 7.33. The minimum absolute atomic E-state index is 0.162. The zero-order chi connectivity index (χ0) is 15.2. The van der Waals surface area contributed by atoms with Crippen LogP contribution in [0.5, 0.6) is 0 Å². The fraction of sp³-hybridized carbons (Fsp3) is 0.375. The van der Waals surface area contributed by atoms with Crippen LogP contribution in [0.4, 0.5) is 5.13 Å². The lowest BCUT2D eigenvalue weighted by Gasteiger charge is -2.11. The summed E-state index contributed by atoms with van der Waals surface area (Å²) in [6.45, 7) is 4.25. The van der Waals surface area contributed by atoms with Gasteiger partial charge in [-0.2, -0.15) is 0 Å². The zero-order valence-electron chi connectivity index (χ0n) is 12.4. The summed E-state index contributed by atoms with van der Waals surface area (Å²) in [5, 5.41) is 5.33. The van der Waals surface area contributed by atoms with E-state index in [9.17, 15) is 4.79 Å². The minimum atomic E-state index is -0.475. The number of nitrogens with one attached hydrogen (secondary N) is 1. The molecule has 1 unspecified atom stereocenters. The molecule has 0 spiro atoms. The summed E-state index contributed by atoms with van der Waals surface area (Å²) in [6, 6.07) is 9.41. The fourth-order valence-corrected chi connectivity index (χ4v) is 2.64. The summed E-state index contributed by atoms with van der Waals surface area (Å²) in [6.07, 6.45) is 1.64. The Hall–Kier alpha value is -1.72. The average Bonchev–Trinajstić information content (AvgIpc) is 2.94. The fourth-order valence-electron chi connectivity index (χ4n) is 1.91. The van der Waals surface area contributed by atoms with Crippen LogP contribution < -0.4 is 11.1 Å². The highest BCUT2D eigenvalue weighted by molar-refractivity contribution is 7.14. The minimum Gasteiger partial charge on any atom is -0.320 e. The van der Waals surface area contributed by atoms with Crippen molar-refractivity contribution >= 4 is 22.4 Å². The van der Waals surface area contributed by atoms with Crippen LogP contribution in [0.3, 0.4) is 0 Å². The van der Waals surface area contributed by atoms with Crippen molar-refractivity contribution in [3.63, 3.8) is 0 Å². The first-order valence-electron chi connectivity index (χ1n) is 7.13. The molecule has 1 atom stereocenters. The summed E-state index contributed by atoms with van der Waals surface area (Å²) in [5.41, 5.74) is 7.80. The first-order chi connectivity index (χ1) is 10.1. The van der Waals surface area contributed by atoms with Gasteiger partial charge in [0.05, 0.1) is 11.7 Å². The lowest BCUT2D eigenvalue weighted by atomic mass is 10.0. The van der Waals surface area contributed by atoms with E-state index in [1.54, 1.807) is 0 Å². The van der Waals surface area contributed by atoms with E-state index < -0.39 is 6.04 Å². The highest BCUT2D eigenvalue weighted by atomic mass is 32.1. The van der Waals surface area contributed by atoms with Gasteiger partial charge in [0.15, 0.2) is 5.13 Å². The molecule has 112 valence electrons. The molecule has 0 saturated carbocycles. The third-order valence-electron chi connectivity index (χ3n) is 3.20. The van der Waals surface area contributed by atoms with Gasteiger partial charge in [-0.05, 0) is 18.8 Å². The van der Waals surface area contributed by atoms with Crippen molar-refractivity contribution in [3.05, 3.63) is 35.7 Å². The van der Waals surface area contributed by atoms with Gasteiger partial charge in [0.1, 0.15) is 0 Å².